The van der Waals surface area contributed by atoms with Crippen LogP contribution in [0.3, 0.4) is 0 Å². The summed E-state index contributed by atoms with van der Waals surface area (Å²) >= 11 is 12.6. The molecule has 2 amide bonds. The van der Waals surface area contributed by atoms with Crippen LogP contribution in [-0.4, -0.2) is 44.3 Å². The molecule has 0 unspecified atom stereocenters. The van der Waals surface area contributed by atoms with Gasteiger partial charge in [0, 0.05) is 19.5 Å². The number of hydrogen-bond donors (Lipinski definition) is 1. The Labute approximate surface area is 282 Å². The van der Waals surface area contributed by atoms with Crippen LogP contribution in [0.2, 0.25) is 10.0 Å². The molecule has 0 saturated carbocycles. The minimum atomic E-state index is -4.18. The molecule has 242 valence electrons. The van der Waals surface area contributed by atoms with Gasteiger partial charge >= 0.3 is 0 Å². The van der Waals surface area contributed by atoms with Gasteiger partial charge < -0.3 is 10.2 Å². The summed E-state index contributed by atoms with van der Waals surface area (Å²) in [6.45, 7) is 3.89. The number of anilines is 1. The highest BCUT2D eigenvalue weighted by atomic mass is 35.5. The SMILES string of the molecule is CCCCNC(=O)[C@@H](Cc1ccccc1)N(Cc1ccc(Cl)c(Cl)c1)C(=O)CN(c1ccccc1CC)S(=O)(=O)c1ccccc1. The van der Waals surface area contributed by atoms with Gasteiger partial charge in [-0.15, -0.1) is 0 Å². The van der Waals surface area contributed by atoms with E-state index in [4.69, 9.17) is 23.2 Å². The van der Waals surface area contributed by atoms with Gasteiger partial charge in [0.2, 0.25) is 11.8 Å². The molecule has 0 saturated heterocycles. The highest BCUT2D eigenvalue weighted by Crippen LogP contribution is 2.29. The maximum atomic E-state index is 14.6. The average Bonchev–Trinajstić information content (AvgIpc) is 3.07. The van der Waals surface area contributed by atoms with E-state index in [1.54, 1.807) is 48.5 Å². The Balaban J connectivity index is 1.82. The lowest BCUT2D eigenvalue weighted by molar-refractivity contribution is -0.140. The molecule has 1 N–H and O–H groups in total. The van der Waals surface area contributed by atoms with E-state index in [0.717, 1.165) is 28.3 Å². The molecule has 1 atom stereocenters. The van der Waals surface area contributed by atoms with Crippen molar-refractivity contribution in [3.05, 3.63) is 130 Å². The lowest BCUT2D eigenvalue weighted by Crippen LogP contribution is -2.53. The summed E-state index contributed by atoms with van der Waals surface area (Å²) in [5.74, 6) is -0.861. The van der Waals surface area contributed by atoms with Crippen LogP contribution < -0.4 is 9.62 Å². The normalized spacial score (nSPS) is 11.9. The molecule has 0 fully saturated rings. The zero-order valence-electron chi connectivity index (χ0n) is 26.0. The molecule has 46 heavy (non-hydrogen) atoms. The molecule has 7 nitrogen and oxygen atoms in total. The van der Waals surface area contributed by atoms with Gasteiger partial charge in [0.25, 0.3) is 10.0 Å². The van der Waals surface area contributed by atoms with Crippen molar-refractivity contribution in [1.29, 1.82) is 0 Å². The van der Waals surface area contributed by atoms with Crippen LogP contribution in [0.25, 0.3) is 0 Å². The monoisotopic (exact) mass is 679 g/mol. The second kappa shape index (κ2) is 16.6. The molecule has 0 heterocycles. The third-order valence-corrected chi connectivity index (χ3v) is 10.2. The number of carbonyl (C=O) groups is 2. The Morgan fingerprint density at radius 3 is 2.11 bits per heavy atom. The van der Waals surface area contributed by atoms with Crippen molar-refractivity contribution in [3.63, 3.8) is 0 Å². The number of amides is 2. The minimum Gasteiger partial charge on any atom is -0.354 e. The summed E-state index contributed by atoms with van der Waals surface area (Å²) in [4.78, 5) is 30.0. The van der Waals surface area contributed by atoms with Gasteiger partial charge in [-0.2, -0.15) is 0 Å². The van der Waals surface area contributed by atoms with Crippen LogP contribution in [0.1, 0.15) is 43.4 Å². The molecule has 0 radical (unpaired) electrons. The standard InChI is InChI=1S/C36H39Cl2N3O4S/c1-3-5-22-39-36(43)34(24-27-14-8-6-9-15-27)40(25-28-20-21-31(37)32(38)23-28)35(42)26-41(33-19-13-12-16-29(33)4-2)46(44,45)30-17-10-7-11-18-30/h6-21,23,34H,3-5,22,24-26H2,1-2H3,(H,39,43)/t34-/m1/s1. The predicted molar refractivity (Wildman–Crippen MR) is 186 cm³/mol. The number of benzene rings is 4. The van der Waals surface area contributed by atoms with E-state index in [9.17, 15) is 18.0 Å². The average molecular weight is 681 g/mol. The number of nitrogens with one attached hydrogen (secondary N) is 1. The summed E-state index contributed by atoms with van der Waals surface area (Å²) in [5.41, 5.74) is 2.68. The van der Waals surface area contributed by atoms with Gasteiger partial charge in [0.05, 0.1) is 20.6 Å². The topological polar surface area (TPSA) is 86.8 Å². The Morgan fingerprint density at radius 2 is 1.46 bits per heavy atom. The Hall–Kier alpha value is -3.85. The highest BCUT2D eigenvalue weighted by molar-refractivity contribution is 7.92. The number of nitrogens with zero attached hydrogens (tertiary/aromatic N) is 2. The number of aryl methyl sites for hydroxylation is 1. The first-order chi connectivity index (χ1) is 22.1. The van der Waals surface area contributed by atoms with E-state index in [-0.39, 0.29) is 23.8 Å². The smallest absolute Gasteiger partial charge is 0.264 e. The molecule has 0 bridgehead atoms. The quantitative estimate of drug-likeness (QED) is 0.134. The first kappa shape index (κ1) is 35.0. The van der Waals surface area contributed by atoms with E-state index in [1.807, 2.05) is 56.3 Å². The summed E-state index contributed by atoms with van der Waals surface area (Å²) in [6.07, 6.45) is 2.44. The molecule has 0 aliphatic rings. The molecule has 0 spiro atoms. The number of carbonyl (C=O) groups excluding carboxylic acids is 2. The molecular formula is C36H39Cl2N3O4S. The van der Waals surface area contributed by atoms with Crippen molar-refractivity contribution in [2.75, 3.05) is 17.4 Å². The van der Waals surface area contributed by atoms with Gasteiger partial charge in [0.15, 0.2) is 0 Å². The first-order valence-electron chi connectivity index (χ1n) is 15.4. The largest absolute Gasteiger partial charge is 0.354 e. The lowest BCUT2D eigenvalue weighted by Gasteiger charge is -2.34. The summed E-state index contributed by atoms with van der Waals surface area (Å²) < 4.78 is 29.6. The van der Waals surface area contributed by atoms with Crippen LogP contribution in [0, 0.1) is 0 Å². The second-order valence-corrected chi connectivity index (χ2v) is 13.6. The zero-order valence-corrected chi connectivity index (χ0v) is 28.4. The van der Waals surface area contributed by atoms with Crippen molar-refractivity contribution >= 4 is 50.7 Å². The second-order valence-electron chi connectivity index (χ2n) is 10.9. The van der Waals surface area contributed by atoms with Crippen LogP contribution in [0.4, 0.5) is 5.69 Å². The van der Waals surface area contributed by atoms with E-state index < -0.39 is 28.5 Å². The number of sulfonamides is 1. The molecule has 4 rings (SSSR count). The van der Waals surface area contributed by atoms with Crippen molar-refractivity contribution in [2.45, 2.75) is 57.0 Å². The number of hydrogen-bond acceptors (Lipinski definition) is 4. The van der Waals surface area contributed by atoms with Crippen molar-refractivity contribution in [1.82, 2.24) is 10.2 Å². The lowest BCUT2D eigenvalue weighted by atomic mass is 10.0. The van der Waals surface area contributed by atoms with Crippen molar-refractivity contribution < 1.29 is 18.0 Å². The van der Waals surface area contributed by atoms with E-state index >= 15 is 0 Å². The highest BCUT2D eigenvalue weighted by Gasteiger charge is 2.35. The maximum absolute atomic E-state index is 14.6. The number of para-hydroxylation sites is 1. The summed E-state index contributed by atoms with van der Waals surface area (Å²) in [7, 11) is -4.18. The Kier molecular flexibility index (Phi) is 12.7. The minimum absolute atomic E-state index is 0.00305. The molecule has 4 aromatic carbocycles. The molecule has 10 heteroatoms. The summed E-state index contributed by atoms with van der Waals surface area (Å²) in [5, 5.41) is 3.66. The van der Waals surface area contributed by atoms with E-state index in [1.165, 1.54) is 17.0 Å². The van der Waals surface area contributed by atoms with Gasteiger partial charge in [0.1, 0.15) is 12.6 Å². The fourth-order valence-corrected chi connectivity index (χ4v) is 6.97. The Bertz CT molecular complexity index is 1720. The van der Waals surface area contributed by atoms with Gasteiger partial charge in [-0.1, -0.05) is 116 Å². The Morgan fingerprint density at radius 1 is 0.804 bits per heavy atom. The number of halogens is 2. The molecule has 0 aliphatic carbocycles. The molecule has 0 aliphatic heterocycles. The zero-order chi connectivity index (χ0) is 33.1. The van der Waals surface area contributed by atoms with Crippen molar-refractivity contribution in [2.24, 2.45) is 0 Å². The van der Waals surface area contributed by atoms with Crippen molar-refractivity contribution in [3.8, 4) is 0 Å². The molecule has 4 aromatic rings. The third kappa shape index (κ3) is 8.90. The van der Waals surface area contributed by atoms with E-state index in [0.29, 0.717) is 34.3 Å². The third-order valence-electron chi connectivity index (χ3n) is 7.69. The predicted octanol–water partition coefficient (Wildman–Crippen LogP) is 7.31. The maximum Gasteiger partial charge on any atom is 0.264 e. The number of rotatable bonds is 15. The van der Waals surface area contributed by atoms with Gasteiger partial charge in [-0.25, -0.2) is 8.42 Å². The van der Waals surface area contributed by atoms with Crippen LogP contribution in [-0.2, 0) is 39.0 Å². The van der Waals surface area contributed by atoms with Gasteiger partial charge in [-0.05, 0) is 59.9 Å². The summed E-state index contributed by atoms with van der Waals surface area (Å²) in [6, 6.07) is 28.7. The number of unbranched alkanes of at least 4 members (excludes halogenated alkanes) is 1. The van der Waals surface area contributed by atoms with Crippen LogP contribution in [0.15, 0.2) is 108 Å². The molecule has 0 aromatic heterocycles. The van der Waals surface area contributed by atoms with Crippen LogP contribution in [0.5, 0.6) is 0 Å². The van der Waals surface area contributed by atoms with Gasteiger partial charge in [-0.3, -0.25) is 13.9 Å². The fourth-order valence-electron chi connectivity index (χ4n) is 5.18. The van der Waals surface area contributed by atoms with Crippen LogP contribution >= 0.6 is 23.2 Å². The molecular weight excluding hydrogens is 641 g/mol. The van der Waals surface area contributed by atoms with E-state index in [2.05, 4.69) is 5.32 Å². The fraction of sp³-hybridized carbons (Fsp3) is 0.278. The first-order valence-corrected chi connectivity index (χ1v) is 17.6.